The van der Waals surface area contributed by atoms with Crippen LogP contribution in [0.25, 0.3) is 10.8 Å². The number of aromatic nitrogens is 2. The molecule has 0 radical (unpaired) electrons. The predicted molar refractivity (Wildman–Crippen MR) is 63.6 cm³/mol. The SMILES string of the molecule is COc1cc(Br)cc2c(C(=O)O)n[nH]c(=O)c12. The van der Waals surface area contributed by atoms with Gasteiger partial charge in [0.05, 0.1) is 12.5 Å². The van der Waals surface area contributed by atoms with Crippen LogP contribution in [0.5, 0.6) is 5.75 Å². The Morgan fingerprint density at radius 2 is 2.24 bits per heavy atom. The lowest BCUT2D eigenvalue weighted by Gasteiger charge is -2.06. The van der Waals surface area contributed by atoms with E-state index in [2.05, 4.69) is 26.1 Å². The molecule has 0 aliphatic rings. The van der Waals surface area contributed by atoms with E-state index in [1.165, 1.54) is 13.2 Å². The Balaban J connectivity index is 3.01. The fourth-order valence-corrected chi connectivity index (χ4v) is 1.99. The van der Waals surface area contributed by atoms with Crippen molar-refractivity contribution in [1.82, 2.24) is 10.2 Å². The smallest absolute Gasteiger partial charge is 0.356 e. The molecule has 0 fully saturated rings. The molecular formula is C10H7BrN2O4. The lowest BCUT2D eigenvalue weighted by atomic mass is 10.1. The number of methoxy groups -OCH3 is 1. The Labute approximate surface area is 103 Å². The van der Waals surface area contributed by atoms with Crippen LogP contribution in [-0.2, 0) is 0 Å². The fourth-order valence-electron chi connectivity index (χ4n) is 1.55. The highest BCUT2D eigenvalue weighted by Gasteiger charge is 2.16. The highest BCUT2D eigenvalue weighted by atomic mass is 79.9. The molecule has 1 aromatic heterocycles. The topological polar surface area (TPSA) is 92.3 Å². The molecule has 0 spiro atoms. The first-order valence-electron chi connectivity index (χ1n) is 4.54. The normalized spacial score (nSPS) is 10.5. The van der Waals surface area contributed by atoms with Crippen LogP contribution < -0.4 is 10.3 Å². The summed E-state index contributed by atoms with van der Waals surface area (Å²) in [7, 11) is 1.40. The van der Waals surface area contributed by atoms with Gasteiger partial charge in [-0.05, 0) is 12.1 Å². The number of halogens is 1. The monoisotopic (exact) mass is 298 g/mol. The molecule has 0 saturated carbocycles. The number of rotatable bonds is 2. The van der Waals surface area contributed by atoms with Gasteiger partial charge in [0, 0.05) is 9.86 Å². The first kappa shape index (κ1) is 11.6. The summed E-state index contributed by atoms with van der Waals surface area (Å²) in [6.45, 7) is 0. The number of H-pyrrole nitrogens is 1. The van der Waals surface area contributed by atoms with Crippen LogP contribution in [-0.4, -0.2) is 28.4 Å². The van der Waals surface area contributed by atoms with Crippen molar-refractivity contribution in [2.24, 2.45) is 0 Å². The average molecular weight is 299 g/mol. The predicted octanol–water partition coefficient (Wildman–Crippen LogP) is 1.39. The number of fused-ring (bicyclic) bond motifs is 1. The number of carboxylic acid groups (broad SMARTS) is 1. The van der Waals surface area contributed by atoms with Crippen molar-refractivity contribution in [3.63, 3.8) is 0 Å². The zero-order valence-electron chi connectivity index (χ0n) is 8.65. The number of benzene rings is 1. The molecule has 0 aliphatic carbocycles. The van der Waals surface area contributed by atoms with Crippen molar-refractivity contribution in [3.05, 3.63) is 32.7 Å². The molecule has 0 aliphatic heterocycles. The van der Waals surface area contributed by atoms with E-state index in [4.69, 9.17) is 9.84 Å². The second-order valence-electron chi connectivity index (χ2n) is 3.24. The van der Waals surface area contributed by atoms with Gasteiger partial charge in [-0.25, -0.2) is 9.89 Å². The van der Waals surface area contributed by atoms with Crippen LogP contribution in [0, 0.1) is 0 Å². The highest BCUT2D eigenvalue weighted by molar-refractivity contribution is 9.10. The van der Waals surface area contributed by atoms with E-state index >= 15 is 0 Å². The maximum atomic E-state index is 11.6. The Hall–Kier alpha value is -1.89. The number of hydrogen-bond acceptors (Lipinski definition) is 4. The van der Waals surface area contributed by atoms with Gasteiger partial charge < -0.3 is 9.84 Å². The quantitative estimate of drug-likeness (QED) is 0.874. The van der Waals surface area contributed by atoms with E-state index in [0.717, 1.165) is 0 Å². The molecule has 0 bridgehead atoms. The molecule has 7 heteroatoms. The van der Waals surface area contributed by atoms with Gasteiger partial charge >= 0.3 is 5.97 Å². The maximum absolute atomic E-state index is 11.6. The van der Waals surface area contributed by atoms with Gasteiger partial charge in [0.25, 0.3) is 5.56 Å². The van der Waals surface area contributed by atoms with Crippen LogP contribution in [0.4, 0.5) is 0 Å². The Bertz CT molecular complexity index is 665. The van der Waals surface area contributed by atoms with Crippen molar-refractivity contribution in [2.45, 2.75) is 0 Å². The third-order valence-electron chi connectivity index (χ3n) is 2.24. The molecule has 0 atom stereocenters. The van der Waals surface area contributed by atoms with Crippen LogP contribution in [0.2, 0.25) is 0 Å². The van der Waals surface area contributed by atoms with Gasteiger partial charge in [-0.2, -0.15) is 5.10 Å². The molecule has 6 nitrogen and oxygen atoms in total. The lowest BCUT2D eigenvalue weighted by molar-refractivity contribution is 0.0691. The molecule has 0 amide bonds. The molecule has 2 N–H and O–H groups in total. The minimum atomic E-state index is -1.22. The summed E-state index contributed by atoms with van der Waals surface area (Å²) >= 11 is 3.22. The average Bonchev–Trinajstić information content (AvgIpc) is 2.27. The molecule has 0 saturated heterocycles. The minimum Gasteiger partial charge on any atom is -0.496 e. The minimum absolute atomic E-state index is 0.170. The van der Waals surface area contributed by atoms with E-state index < -0.39 is 11.5 Å². The third-order valence-corrected chi connectivity index (χ3v) is 2.70. The van der Waals surface area contributed by atoms with E-state index in [-0.39, 0.29) is 16.5 Å². The standard InChI is InChI=1S/C10H7BrN2O4/c1-17-6-3-4(11)2-5-7(6)9(14)13-12-8(5)10(15)16/h2-3H,1H3,(H,13,14)(H,15,16). The van der Waals surface area contributed by atoms with Gasteiger partial charge in [-0.3, -0.25) is 4.79 Å². The van der Waals surface area contributed by atoms with Gasteiger partial charge in [0.1, 0.15) is 5.75 Å². The number of hydrogen-bond donors (Lipinski definition) is 2. The Kier molecular flexibility index (Phi) is 2.84. The summed E-state index contributed by atoms with van der Waals surface area (Å²) in [5.74, 6) is -0.924. The number of aromatic amines is 1. The maximum Gasteiger partial charge on any atom is 0.356 e. The zero-order chi connectivity index (χ0) is 12.6. The first-order valence-corrected chi connectivity index (χ1v) is 5.33. The third kappa shape index (κ3) is 1.89. The molecule has 0 unspecified atom stereocenters. The van der Waals surface area contributed by atoms with Gasteiger partial charge in [0.15, 0.2) is 5.69 Å². The van der Waals surface area contributed by atoms with Crippen LogP contribution in [0.15, 0.2) is 21.4 Å². The van der Waals surface area contributed by atoms with Crippen LogP contribution in [0.1, 0.15) is 10.5 Å². The van der Waals surface area contributed by atoms with Gasteiger partial charge in [0.2, 0.25) is 0 Å². The Morgan fingerprint density at radius 1 is 1.53 bits per heavy atom. The van der Waals surface area contributed by atoms with Crippen molar-refractivity contribution in [1.29, 1.82) is 0 Å². The fraction of sp³-hybridized carbons (Fsp3) is 0.100. The van der Waals surface area contributed by atoms with E-state index in [0.29, 0.717) is 10.2 Å². The lowest BCUT2D eigenvalue weighted by Crippen LogP contribution is -2.14. The zero-order valence-corrected chi connectivity index (χ0v) is 10.2. The summed E-state index contributed by atoms with van der Waals surface area (Å²) in [6, 6.07) is 3.10. The van der Waals surface area contributed by atoms with Crippen molar-refractivity contribution in [3.8, 4) is 5.75 Å². The summed E-state index contributed by atoms with van der Waals surface area (Å²) in [5.41, 5.74) is -0.714. The summed E-state index contributed by atoms with van der Waals surface area (Å²) in [5, 5.41) is 15.0. The van der Waals surface area contributed by atoms with Gasteiger partial charge in [-0.15, -0.1) is 0 Å². The van der Waals surface area contributed by atoms with E-state index in [1.54, 1.807) is 6.07 Å². The highest BCUT2D eigenvalue weighted by Crippen LogP contribution is 2.28. The summed E-state index contributed by atoms with van der Waals surface area (Å²) in [6.07, 6.45) is 0. The molecule has 1 heterocycles. The number of carboxylic acids is 1. The number of nitrogens with one attached hydrogen (secondary N) is 1. The first-order chi connectivity index (χ1) is 8.04. The van der Waals surface area contributed by atoms with E-state index in [9.17, 15) is 9.59 Å². The molecular weight excluding hydrogens is 292 g/mol. The van der Waals surface area contributed by atoms with E-state index in [1.807, 2.05) is 0 Å². The summed E-state index contributed by atoms with van der Waals surface area (Å²) < 4.78 is 5.66. The number of ether oxygens (including phenoxy) is 1. The van der Waals surface area contributed by atoms with Crippen molar-refractivity contribution in [2.75, 3.05) is 7.11 Å². The molecule has 1 aromatic carbocycles. The van der Waals surface area contributed by atoms with Gasteiger partial charge in [-0.1, -0.05) is 15.9 Å². The molecule has 2 rings (SSSR count). The van der Waals surface area contributed by atoms with Crippen LogP contribution >= 0.6 is 15.9 Å². The van der Waals surface area contributed by atoms with Crippen molar-refractivity contribution >= 4 is 32.7 Å². The second kappa shape index (κ2) is 4.17. The summed E-state index contributed by atoms with van der Waals surface area (Å²) in [4.78, 5) is 22.6. The number of carbonyl (C=O) groups is 1. The van der Waals surface area contributed by atoms with Crippen molar-refractivity contribution < 1.29 is 14.6 Å². The molecule has 17 heavy (non-hydrogen) atoms. The number of nitrogens with zero attached hydrogens (tertiary/aromatic N) is 1. The molecule has 88 valence electrons. The Morgan fingerprint density at radius 3 is 2.82 bits per heavy atom. The largest absolute Gasteiger partial charge is 0.496 e. The van der Waals surface area contributed by atoms with Crippen LogP contribution in [0.3, 0.4) is 0 Å². The molecule has 2 aromatic rings. The number of aromatic carboxylic acids is 1. The second-order valence-corrected chi connectivity index (χ2v) is 4.15.